The maximum Gasteiger partial charge on any atom is 0.233 e. The molecule has 1 aliphatic heterocycles. The van der Waals surface area contributed by atoms with Gasteiger partial charge < -0.3 is 10.5 Å². The fourth-order valence-corrected chi connectivity index (χ4v) is 4.60. The molecule has 0 unspecified atom stereocenters. The van der Waals surface area contributed by atoms with Gasteiger partial charge in [-0.1, -0.05) is 0 Å². The molecule has 4 heterocycles. The highest BCUT2D eigenvalue weighted by Crippen LogP contribution is 2.42. The van der Waals surface area contributed by atoms with Crippen LogP contribution in [0.5, 0.6) is 5.88 Å². The van der Waals surface area contributed by atoms with Crippen molar-refractivity contribution >= 4 is 28.6 Å². The number of aryl methyl sites for hydroxylation is 1. The number of nitrogens with two attached hydrogens (primary N) is 1. The second kappa shape index (κ2) is 7.97. The summed E-state index contributed by atoms with van der Waals surface area (Å²) >= 11 is 2.43. The van der Waals surface area contributed by atoms with Crippen molar-refractivity contribution in [2.45, 2.75) is 57.7 Å². The monoisotopic (exact) mass is 534 g/mol. The Kier molecular flexibility index (Phi) is 5.63. The molecule has 2 N–H and O–H groups in total. The van der Waals surface area contributed by atoms with Gasteiger partial charge >= 0.3 is 0 Å². The van der Waals surface area contributed by atoms with Crippen molar-refractivity contribution in [1.29, 1.82) is 0 Å². The quantitative estimate of drug-likeness (QED) is 0.399. The van der Waals surface area contributed by atoms with Gasteiger partial charge in [0.2, 0.25) is 5.88 Å². The van der Waals surface area contributed by atoms with E-state index in [0.29, 0.717) is 28.8 Å². The Morgan fingerprint density at radius 2 is 1.81 bits per heavy atom. The minimum Gasteiger partial charge on any atom is -0.473 e. The van der Waals surface area contributed by atoms with Crippen molar-refractivity contribution in [2.75, 3.05) is 5.73 Å². The number of hydrogen-bond donors (Lipinski definition) is 1. The molecule has 10 heteroatoms. The van der Waals surface area contributed by atoms with Crippen molar-refractivity contribution in [3.8, 4) is 28.7 Å². The number of halogens is 1. The van der Waals surface area contributed by atoms with Gasteiger partial charge in [-0.25, -0.2) is 13.1 Å². The van der Waals surface area contributed by atoms with E-state index in [1.54, 1.807) is 17.1 Å². The summed E-state index contributed by atoms with van der Waals surface area (Å²) in [6.07, 6.45) is 7.03. The Morgan fingerprint density at radius 1 is 1.10 bits per heavy atom. The Labute approximate surface area is 195 Å². The lowest BCUT2D eigenvalue weighted by Gasteiger charge is -2.51. The van der Waals surface area contributed by atoms with Crippen LogP contribution in [-0.2, 0) is 7.05 Å². The number of hydrogen-bond acceptors (Lipinski definition) is 8. The SMILES string of the molecule is Cn1cc(-c2ncc(N)c(-c3ccc(OC4CC(C)(C)N(I)C(C)(C)C4)nn3)n2)cn1. The van der Waals surface area contributed by atoms with Crippen molar-refractivity contribution in [2.24, 2.45) is 7.05 Å². The zero-order valence-corrected chi connectivity index (χ0v) is 20.5. The van der Waals surface area contributed by atoms with Crippen LogP contribution in [0.4, 0.5) is 5.69 Å². The van der Waals surface area contributed by atoms with Crippen LogP contribution in [0.1, 0.15) is 40.5 Å². The van der Waals surface area contributed by atoms with Crippen molar-refractivity contribution in [1.82, 2.24) is 33.1 Å². The Morgan fingerprint density at radius 3 is 2.39 bits per heavy atom. The third kappa shape index (κ3) is 4.49. The van der Waals surface area contributed by atoms with E-state index in [9.17, 15) is 0 Å². The largest absolute Gasteiger partial charge is 0.473 e. The normalized spacial score (nSPS) is 18.8. The highest BCUT2D eigenvalue weighted by atomic mass is 127. The van der Waals surface area contributed by atoms with Crippen LogP contribution >= 0.6 is 22.9 Å². The first-order valence-corrected chi connectivity index (χ1v) is 11.1. The van der Waals surface area contributed by atoms with Gasteiger partial charge in [0.05, 0.1) is 23.6 Å². The van der Waals surface area contributed by atoms with Gasteiger partial charge in [0, 0.05) is 66.1 Å². The molecule has 0 amide bonds. The average Bonchev–Trinajstić information content (AvgIpc) is 3.13. The highest BCUT2D eigenvalue weighted by molar-refractivity contribution is 14.1. The molecular weight excluding hydrogens is 507 g/mol. The van der Waals surface area contributed by atoms with Crippen LogP contribution in [0.25, 0.3) is 22.8 Å². The first-order chi connectivity index (χ1) is 14.5. The minimum atomic E-state index is 0.0262. The summed E-state index contributed by atoms with van der Waals surface area (Å²) in [5.74, 6) is 1.04. The van der Waals surface area contributed by atoms with E-state index in [1.165, 1.54) is 0 Å². The second-order valence-corrected chi connectivity index (χ2v) is 10.2. The standard InChI is InChI=1S/C21H27IN8O/c1-20(2)8-14(9-21(3,4)30(20)22)31-17-7-6-16(27-28-17)18-15(23)11-24-19(26-18)13-10-25-29(5)12-13/h6-7,10-12,14H,8-9,23H2,1-5H3. The van der Waals surface area contributed by atoms with Crippen LogP contribution in [0.3, 0.4) is 0 Å². The Bertz CT molecular complexity index is 1060. The van der Waals surface area contributed by atoms with E-state index in [0.717, 1.165) is 18.4 Å². The lowest BCUT2D eigenvalue weighted by atomic mass is 9.81. The minimum absolute atomic E-state index is 0.0262. The summed E-state index contributed by atoms with van der Waals surface area (Å²) in [6.45, 7) is 8.96. The summed E-state index contributed by atoms with van der Waals surface area (Å²) in [5.41, 5.74) is 8.52. The van der Waals surface area contributed by atoms with E-state index in [4.69, 9.17) is 10.5 Å². The molecule has 1 saturated heterocycles. The lowest BCUT2D eigenvalue weighted by molar-refractivity contribution is 0.00136. The molecule has 31 heavy (non-hydrogen) atoms. The number of rotatable bonds is 4. The number of aromatic nitrogens is 6. The summed E-state index contributed by atoms with van der Waals surface area (Å²) in [7, 11) is 1.85. The first kappa shape index (κ1) is 21.9. The maximum atomic E-state index is 6.21. The van der Waals surface area contributed by atoms with Gasteiger partial charge in [-0.2, -0.15) is 5.10 Å². The third-order valence-electron chi connectivity index (χ3n) is 5.47. The topological polar surface area (TPSA) is 108 Å². The van der Waals surface area contributed by atoms with Crippen LogP contribution in [0, 0.1) is 0 Å². The molecule has 0 spiro atoms. The Balaban J connectivity index is 1.54. The molecule has 0 saturated carbocycles. The summed E-state index contributed by atoms with van der Waals surface area (Å²) < 4.78 is 10.3. The highest BCUT2D eigenvalue weighted by Gasteiger charge is 2.45. The van der Waals surface area contributed by atoms with Gasteiger partial charge in [-0.05, 0) is 33.8 Å². The number of piperidine rings is 1. The second-order valence-electron chi connectivity index (χ2n) is 9.21. The summed E-state index contributed by atoms with van der Waals surface area (Å²) in [5, 5.41) is 12.8. The molecule has 0 aromatic carbocycles. The number of ether oxygens (including phenoxy) is 1. The van der Waals surface area contributed by atoms with E-state index in [-0.39, 0.29) is 17.2 Å². The molecule has 1 aliphatic rings. The molecule has 1 fully saturated rings. The summed E-state index contributed by atoms with van der Waals surface area (Å²) in [4.78, 5) is 8.89. The molecule has 4 rings (SSSR count). The van der Waals surface area contributed by atoms with Gasteiger partial charge in [0.15, 0.2) is 5.82 Å². The third-order valence-corrected chi connectivity index (χ3v) is 8.08. The van der Waals surface area contributed by atoms with Crippen LogP contribution in [-0.4, -0.2) is 50.2 Å². The van der Waals surface area contributed by atoms with Gasteiger partial charge in [-0.3, -0.25) is 4.68 Å². The van der Waals surface area contributed by atoms with Gasteiger partial charge in [0.25, 0.3) is 0 Å². The zero-order valence-electron chi connectivity index (χ0n) is 18.4. The maximum absolute atomic E-state index is 6.21. The molecule has 0 aliphatic carbocycles. The first-order valence-electron chi connectivity index (χ1n) is 10.1. The number of anilines is 1. The predicted octanol–water partition coefficient (Wildman–Crippen LogP) is 3.67. The fraction of sp³-hybridized carbons (Fsp3) is 0.476. The van der Waals surface area contributed by atoms with Crippen LogP contribution < -0.4 is 10.5 Å². The van der Waals surface area contributed by atoms with E-state index >= 15 is 0 Å². The molecule has 164 valence electrons. The molecule has 0 bridgehead atoms. The number of nitrogen functional groups attached to an aromatic ring is 1. The number of nitrogens with zero attached hydrogens (tertiary/aromatic N) is 7. The lowest BCUT2D eigenvalue weighted by Crippen LogP contribution is -2.57. The fourth-order valence-electron chi connectivity index (χ4n) is 4.20. The van der Waals surface area contributed by atoms with Crippen molar-refractivity contribution < 1.29 is 4.74 Å². The molecule has 3 aromatic heterocycles. The molecule has 9 nitrogen and oxygen atoms in total. The summed E-state index contributed by atoms with van der Waals surface area (Å²) in [6, 6.07) is 3.65. The zero-order chi connectivity index (χ0) is 22.4. The average molecular weight is 534 g/mol. The van der Waals surface area contributed by atoms with Gasteiger partial charge in [-0.15, -0.1) is 10.2 Å². The molecule has 0 radical (unpaired) electrons. The molecule has 0 atom stereocenters. The van der Waals surface area contributed by atoms with Crippen molar-refractivity contribution in [3.63, 3.8) is 0 Å². The Hall–Kier alpha value is -2.34. The van der Waals surface area contributed by atoms with Crippen LogP contribution in [0.2, 0.25) is 0 Å². The van der Waals surface area contributed by atoms with Gasteiger partial charge in [0.1, 0.15) is 17.5 Å². The van der Waals surface area contributed by atoms with Crippen molar-refractivity contribution in [3.05, 3.63) is 30.7 Å². The smallest absolute Gasteiger partial charge is 0.233 e. The predicted molar refractivity (Wildman–Crippen MR) is 127 cm³/mol. The van der Waals surface area contributed by atoms with E-state index in [1.807, 2.05) is 25.4 Å². The van der Waals surface area contributed by atoms with E-state index in [2.05, 4.69) is 78.9 Å². The molecule has 3 aromatic rings. The molecular formula is C21H27IN8O. The van der Waals surface area contributed by atoms with Crippen LogP contribution in [0.15, 0.2) is 30.7 Å². The van der Waals surface area contributed by atoms with E-state index < -0.39 is 0 Å².